The minimum absolute atomic E-state index is 0.114. The van der Waals surface area contributed by atoms with Gasteiger partial charge in [0.15, 0.2) is 0 Å². The molecule has 2 N–H and O–H groups in total. The van der Waals surface area contributed by atoms with Crippen LogP contribution in [0.3, 0.4) is 0 Å². The van der Waals surface area contributed by atoms with Crippen molar-refractivity contribution in [2.45, 2.75) is 64.2 Å². The van der Waals surface area contributed by atoms with E-state index in [1.54, 1.807) is 0 Å². The molecule has 1 aliphatic rings. The first-order chi connectivity index (χ1) is 7.20. The van der Waals surface area contributed by atoms with Gasteiger partial charge >= 0.3 is 0 Å². The number of unbranched alkanes of at least 4 members (excludes halogenated alkanes) is 1. The van der Waals surface area contributed by atoms with Crippen LogP contribution in [-0.4, -0.2) is 36.5 Å². The lowest BCUT2D eigenvalue weighted by Gasteiger charge is -2.16. The summed E-state index contributed by atoms with van der Waals surface area (Å²) in [4.78, 5) is 0. The molecule has 0 unspecified atom stereocenters. The molecule has 15 heavy (non-hydrogen) atoms. The van der Waals surface area contributed by atoms with Gasteiger partial charge in [0.1, 0.15) is 0 Å². The van der Waals surface area contributed by atoms with Gasteiger partial charge in [-0.05, 0) is 52.5 Å². The third-order valence-corrected chi connectivity index (χ3v) is 2.91. The SMILES string of the molecule is CC(C)OCCCCN[C@@H]1CCC[C@H]1O. The third-order valence-electron chi connectivity index (χ3n) is 2.91. The highest BCUT2D eigenvalue weighted by Gasteiger charge is 2.23. The molecule has 0 spiro atoms. The van der Waals surface area contributed by atoms with Crippen LogP contribution in [0.1, 0.15) is 46.0 Å². The normalized spacial score (nSPS) is 26.4. The summed E-state index contributed by atoms with van der Waals surface area (Å²) in [6.45, 7) is 5.98. The van der Waals surface area contributed by atoms with Gasteiger partial charge in [0.25, 0.3) is 0 Å². The monoisotopic (exact) mass is 215 g/mol. The predicted molar refractivity (Wildman–Crippen MR) is 62.0 cm³/mol. The number of ether oxygens (including phenoxy) is 1. The van der Waals surface area contributed by atoms with E-state index >= 15 is 0 Å². The van der Waals surface area contributed by atoms with Gasteiger partial charge in [-0.15, -0.1) is 0 Å². The number of hydrogen-bond donors (Lipinski definition) is 2. The van der Waals surface area contributed by atoms with Crippen molar-refractivity contribution in [3.63, 3.8) is 0 Å². The quantitative estimate of drug-likeness (QED) is 0.635. The van der Waals surface area contributed by atoms with Gasteiger partial charge in [0, 0.05) is 12.6 Å². The van der Waals surface area contributed by atoms with Crippen molar-refractivity contribution in [1.29, 1.82) is 0 Å². The molecule has 0 heterocycles. The molecule has 1 fully saturated rings. The van der Waals surface area contributed by atoms with E-state index in [1.165, 1.54) is 0 Å². The van der Waals surface area contributed by atoms with E-state index < -0.39 is 0 Å². The molecule has 90 valence electrons. The predicted octanol–water partition coefficient (Wildman–Crippen LogP) is 1.69. The van der Waals surface area contributed by atoms with Crippen molar-refractivity contribution in [2.75, 3.05) is 13.2 Å². The summed E-state index contributed by atoms with van der Waals surface area (Å²) in [6, 6.07) is 0.344. The maximum atomic E-state index is 9.58. The molecule has 0 radical (unpaired) electrons. The van der Waals surface area contributed by atoms with Gasteiger partial charge in [-0.3, -0.25) is 0 Å². The molecule has 0 saturated heterocycles. The zero-order valence-corrected chi connectivity index (χ0v) is 10.0. The van der Waals surface area contributed by atoms with Gasteiger partial charge in [0.2, 0.25) is 0 Å². The van der Waals surface area contributed by atoms with E-state index in [0.717, 1.165) is 45.3 Å². The van der Waals surface area contributed by atoms with Crippen LogP contribution in [0.25, 0.3) is 0 Å². The van der Waals surface area contributed by atoms with Crippen LogP contribution in [0, 0.1) is 0 Å². The Morgan fingerprint density at radius 2 is 2.13 bits per heavy atom. The van der Waals surface area contributed by atoms with Crippen molar-refractivity contribution in [1.82, 2.24) is 5.32 Å². The summed E-state index contributed by atoms with van der Waals surface area (Å²) in [5.74, 6) is 0. The van der Waals surface area contributed by atoms with E-state index in [1.807, 2.05) is 0 Å². The second-order valence-corrected chi connectivity index (χ2v) is 4.69. The minimum Gasteiger partial charge on any atom is -0.392 e. The second-order valence-electron chi connectivity index (χ2n) is 4.69. The topological polar surface area (TPSA) is 41.5 Å². The van der Waals surface area contributed by atoms with Crippen LogP contribution in [0.5, 0.6) is 0 Å². The maximum absolute atomic E-state index is 9.58. The van der Waals surface area contributed by atoms with Crippen molar-refractivity contribution in [2.24, 2.45) is 0 Å². The smallest absolute Gasteiger partial charge is 0.0693 e. The fourth-order valence-corrected chi connectivity index (χ4v) is 2.01. The number of aliphatic hydroxyl groups excluding tert-OH is 1. The number of aliphatic hydroxyl groups is 1. The number of hydrogen-bond acceptors (Lipinski definition) is 3. The number of rotatable bonds is 7. The van der Waals surface area contributed by atoms with E-state index in [9.17, 15) is 5.11 Å². The highest BCUT2D eigenvalue weighted by atomic mass is 16.5. The Balaban J connectivity index is 1.88. The Labute approximate surface area is 93.2 Å². The molecular weight excluding hydrogens is 190 g/mol. The largest absolute Gasteiger partial charge is 0.392 e. The van der Waals surface area contributed by atoms with Gasteiger partial charge < -0.3 is 15.2 Å². The summed E-state index contributed by atoms with van der Waals surface area (Å²) in [5, 5.41) is 13.0. The van der Waals surface area contributed by atoms with E-state index in [4.69, 9.17) is 4.74 Å². The molecule has 0 aromatic carbocycles. The van der Waals surface area contributed by atoms with Crippen molar-refractivity contribution in [3.05, 3.63) is 0 Å². The Morgan fingerprint density at radius 3 is 2.73 bits per heavy atom. The highest BCUT2D eigenvalue weighted by Crippen LogP contribution is 2.18. The van der Waals surface area contributed by atoms with Gasteiger partial charge in [-0.1, -0.05) is 0 Å². The molecule has 2 atom stereocenters. The lowest BCUT2D eigenvalue weighted by Crippen LogP contribution is -2.36. The molecule has 1 rings (SSSR count). The summed E-state index contributed by atoms with van der Waals surface area (Å²) < 4.78 is 5.46. The third kappa shape index (κ3) is 5.50. The second kappa shape index (κ2) is 7.20. The van der Waals surface area contributed by atoms with E-state index in [0.29, 0.717) is 12.1 Å². The van der Waals surface area contributed by atoms with Crippen LogP contribution in [0.4, 0.5) is 0 Å². The van der Waals surface area contributed by atoms with Crippen molar-refractivity contribution >= 4 is 0 Å². The Hall–Kier alpha value is -0.120. The van der Waals surface area contributed by atoms with Crippen molar-refractivity contribution in [3.8, 4) is 0 Å². The highest BCUT2D eigenvalue weighted by molar-refractivity contribution is 4.82. The number of nitrogens with one attached hydrogen (secondary N) is 1. The van der Waals surface area contributed by atoms with Crippen LogP contribution in [0.15, 0.2) is 0 Å². The van der Waals surface area contributed by atoms with Gasteiger partial charge in [-0.25, -0.2) is 0 Å². The first-order valence-corrected chi connectivity index (χ1v) is 6.23. The van der Waals surface area contributed by atoms with Gasteiger partial charge in [0.05, 0.1) is 12.2 Å². The summed E-state index contributed by atoms with van der Waals surface area (Å²) in [7, 11) is 0. The molecule has 0 aliphatic heterocycles. The zero-order chi connectivity index (χ0) is 11.1. The Bertz CT molecular complexity index is 162. The Morgan fingerprint density at radius 1 is 1.33 bits per heavy atom. The summed E-state index contributed by atoms with van der Waals surface area (Å²) in [5.41, 5.74) is 0. The van der Waals surface area contributed by atoms with Gasteiger partial charge in [-0.2, -0.15) is 0 Å². The molecule has 3 heteroatoms. The molecule has 0 bridgehead atoms. The fourth-order valence-electron chi connectivity index (χ4n) is 2.01. The molecular formula is C12H25NO2. The molecule has 0 aromatic rings. The summed E-state index contributed by atoms with van der Waals surface area (Å²) >= 11 is 0. The fraction of sp³-hybridized carbons (Fsp3) is 1.00. The lowest BCUT2D eigenvalue weighted by molar-refractivity contribution is 0.0756. The van der Waals surface area contributed by atoms with Crippen LogP contribution in [-0.2, 0) is 4.74 Å². The van der Waals surface area contributed by atoms with E-state index in [-0.39, 0.29) is 6.10 Å². The maximum Gasteiger partial charge on any atom is 0.0693 e. The minimum atomic E-state index is -0.114. The molecule has 0 amide bonds. The van der Waals surface area contributed by atoms with Crippen LogP contribution in [0.2, 0.25) is 0 Å². The standard InChI is InChI=1S/C12H25NO2/c1-10(2)15-9-4-3-8-13-11-6-5-7-12(11)14/h10-14H,3-9H2,1-2H3/t11-,12-/m1/s1. The summed E-state index contributed by atoms with van der Waals surface area (Å²) in [6.07, 6.45) is 5.73. The first-order valence-electron chi connectivity index (χ1n) is 6.23. The average molecular weight is 215 g/mol. The Kier molecular flexibility index (Phi) is 6.22. The average Bonchev–Trinajstić information content (AvgIpc) is 2.57. The molecule has 0 aromatic heterocycles. The zero-order valence-electron chi connectivity index (χ0n) is 10.0. The van der Waals surface area contributed by atoms with Crippen LogP contribution >= 0.6 is 0 Å². The van der Waals surface area contributed by atoms with Crippen molar-refractivity contribution < 1.29 is 9.84 Å². The van der Waals surface area contributed by atoms with Crippen LogP contribution < -0.4 is 5.32 Å². The first kappa shape index (κ1) is 12.9. The van der Waals surface area contributed by atoms with E-state index in [2.05, 4.69) is 19.2 Å². The lowest BCUT2D eigenvalue weighted by atomic mass is 10.2. The molecule has 1 saturated carbocycles. The molecule has 3 nitrogen and oxygen atoms in total. The molecule has 1 aliphatic carbocycles.